The van der Waals surface area contributed by atoms with Crippen molar-refractivity contribution in [3.05, 3.63) is 71.7 Å². The summed E-state index contributed by atoms with van der Waals surface area (Å²) in [6.07, 6.45) is 5.20. The summed E-state index contributed by atoms with van der Waals surface area (Å²) in [5.41, 5.74) is 2.83. The van der Waals surface area contributed by atoms with Gasteiger partial charge in [0.05, 0.1) is 53.4 Å². The summed E-state index contributed by atoms with van der Waals surface area (Å²) in [7, 11) is 6.47. The van der Waals surface area contributed by atoms with Gasteiger partial charge in [-0.25, -0.2) is 19.2 Å². The third-order valence-electron chi connectivity index (χ3n) is 7.12. The third-order valence-corrected chi connectivity index (χ3v) is 7.12. The Kier molecular flexibility index (Phi) is 10.4. The van der Waals surface area contributed by atoms with Crippen LogP contribution in [0.3, 0.4) is 0 Å². The highest BCUT2D eigenvalue weighted by Crippen LogP contribution is 2.31. The van der Waals surface area contributed by atoms with Crippen LogP contribution in [-0.4, -0.2) is 91.9 Å². The topological polar surface area (TPSA) is 116 Å². The number of aryl methyl sites for hydroxylation is 1. The number of hydrogen-bond acceptors (Lipinski definition) is 8. The molecule has 234 valence electrons. The van der Waals surface area contributed by atoms with Crippen molar-refractivity contribution in [1.29, 1.82) is 0 Å². The van der Waals surface area contributed by atoms with Gasteiger partial charge in [-0.2, -0.15) is 4.39 Å². The van der Waals surface area contributed by atoms with Gasteiger partial charge < -0.3 is 29.3 Å². The van der Waals surface area contributed by atoms with Crippen LogP contribution in [0, 0.1) is 11.6 Å². The Morgan fingerprint density at radius 3 is 2.57 bits per heavy atom. The van der Waals surface area contributed by atoms with Crippen LogP contribution < -0.4 is 15.4 Å². The van der Waals surface area contributed by atoms with Crippen molar-refractivity contribution >= 4 is 29.0 Å². The molecule has 4 aromatic rings. The van der Waals surface area contributed by atoms with Crippen molar-refractivity contribution in [2.24, 2.45) is 0 Å². The average Bonchev–Trinajstić information content (AvgIpc) is 3.44. The summed E-state index contributed by atoms with van der Waals surface area (Å²) >= 11 is 0. The summed E-state index contributed by atoms with van der Waals surface area (Å²) in [5.74, 6) is -2.40. The minimum Gasteiger partial charge on any atom is -0.494 e. The number of imidazole rings is 1. The minimum atomic E-state index is -1.08. The van der Waals surface area contributed by atoms with E-state index in [2.05, 4.69) is 20.6 Å². The fraction of sp³-hybridized carbons (Fsp3) is 0.355. The Bertz CT molecular complexity index is 1640. The number of quaternary nitrogens is 1. The Balaban J connectivity index is 1.39. The van der Waals surface area contributed by atoms with Gasteiger partial charge in [-0.05, 0) is 42.3 Å². The lowest BCUT2D eigenvalue weighted by Crippen LogP contribution is -2.46. The number of rotatable bonds is 14. The summed E-state index contributed by atoms with van der Waals surface area (Å²) < 4.78 is 46.5. The smallest absolute Gasteiger partial charge is 0.361 e. The molecule has 13 heteroatoms. The van der Waals surface area contributed by atoms with Crippen LogP contribution in [0.5, 0.6) is 5.75 Å². The highest BCUT2D eigenvalue weighted by Gasteiger charge is 2.21. The number of anilines is 2. The molecule has 0 aliphatic rings. The van der Waals surface area contributed by atoms with Crippen molar-refractivity contribution in [2.75, 3.05) is 66.5 Å². The largest absolute Gasteiger partial charge is 0.494 e. The number of benzene rings is 2. The fourth-order valence-corrected chi connectivity index (χ4v) is 4.65. The molecule has 0 fully saturated rings. The highest BCUT2D eigenvalue weighted by atomic mass is 19.2. The number of hydrogen-bond donors (Lipinski definition) is 2. The van der Waals surface area contributed by atoms with Gasteiger partial charge in [0.1, 0.15) is 6.54 Å². The molecule has 0 bridgehead atoms. The normalized spacial score (nSPS) is 11.4. The number of aromatic nitrogens is 3. The highest BCUT2D eigenvalue weighted by molar-refractivity contribution is 5.96. The molecule has 0 saturated heterocycles. The SMILES string of the molecule is CCc1cc(Nc2nccn3c(-c4ccc(OC)c(F)c4F)cnc23)ccc1C(=O)NCCOCC[N+](C)(C)CC(=O)OC. The van der Waals surface area contributed by atoms with Gasteiger partial charge in [-0.1, -0.05) is 6.92 Å². The number of nitrogens with one attached hydrogen (secondary N) is 2. The second kappa shape index (κ2) is 14.2. The molecule has 2 aromatic heterocycles. The Hall–Kier alpha value is -4.62. The van der Waals surface area contributed by atoms with Crippen LogP contribution in [-0.2, 0) is 20.7 Å². The van der Waals surface area contributed by atoms with E-state index in [0.29, 0.717) is 65.6 Å². The van der Waals surface area contributed by atoms with Crippen LogP contribution in [0.2, 0.25) is 0 Å². The number of nitrogens with zero attached hydrogens (tertiary/aromatic N) is 4. The van der Waals surface area contributed by atoms with Gasteiger partial charge in [0.15, 0.2) is 29.6 Å². The Morgan fingerprint density at radius 1 is 1.05 bits per heavy atom. The first kappa shape index (κ1) is 32.3. The maximum Gasteiger partial charge on any atom is 0.361 e. The average molecular weight is 612 g/mol. The number of methoxy groups -OCH3 is 2. The summed E-state index contributed by atoms with van der Waals surface area (Å²) in [6, 6.07) is 8.16. The van der Waals surface area contributed by atoms with Gasteiger partial charge in [0.25, 0.3) is 5.91 Å². The zero-order chi connectivity index (χ0) is 31.9. The van der Waals surface area contributed by atoms with E-state index in [9.17, 15) is 18.4 Å². The second-order valence-corrected chi connectivity index (χ2v) is 10.7. The van der Waals surface area contributed by atoms with Crippen LogP contribution in [0.15, 0.2) is 48.9 Å². The molecule has 4 rings (SSSR count). The minimum absolute atomic E-state index is 0.0311. The van der Waals surface area contributed by atoms with Gasteiger partial charge in [-0.3, -0.25) is 9.20 Å². The van der Waals surface area contributed by atoms with Crippen molar-refractivity contribution in [1.82, 2.24) is 19.7 Å². The van der Waals surface area contributed by atoms with Crippen LogP contribution in [0.1, 0.15) is 22.8 Å². The first-order valence-corrected chi connectivity index (χ1v) is 14.1. The predicted molar refractivity (Wildman–Crippen MR) is 161 cm³/mol. The molecule has 0 aliphatic carbocycles. The zero-order valence-corrected chi connectivity index (χ0v) is 25.4. The molecule has 0 atom stereocenters. The zero-order valence-electron chi connectivity index (χ0n) is 25.4. The summed E-state index contributed by atoms with van der Waals surface area (Å²) in [5, 5.41) is 6.11. The van der Waals surface area contributed by atoms with E-state index in [1.807, 2.05) is 27.1 Å². The van der Waals surface area contributed by atoms with Gasteiger partial charge in [0, 0.05) is 35.8 Å². The maximum absolute atomic E-state index is 14.8. The number of halogens is 2. The number of likely N-dealkylation sites (N-methyl/N-ethyl adjacent to an activating group) is 1. The first-order chi connectivity index (χ1) is 21.1. The molecule has 1 amide bonds. The molecular formula is C31H37F2N6O5+. The van der Waals surface area contributed by atoms with E-state index in [1.165, 1.54) is 38.7 Å². The molecule has 0 spiro atoms. The third kappa shape index (κ3) is 7.47. The molecule has 2 N–H and O–H groups in total. The molecule has 0 unspecified atom stereocenters. The van der Waals surface area contributed by atoms with E-state index in [-0.39, 0.29) is 29.7 Å². The molecule has 0 aliphatic heterocycles. The van der Waals surface area contributed by atoms with E-state index in [4.69, 9.17) is 14.2 Å². The maximum atomic E-state index is 14.8. The standard InChI is InChI=1S/C31H36F2N6O5/c1-6-20-17-21(7-8-22(20)31(41)35-12-15-44-16-14-39(2,3)19-26(40)43-5)37-29-30-36-18-24(38(30)13-11-34-29)23-9-10-25(42-4)28(33)27(23)32/h7-11,13,17-18H,6,12,14-16,19H2,1-5H3,(H-,34,35,37,41)/p+1. The van der Waals surface area contributed by atoms with E-state index < -0.39 is 11.6 Å². The van der Waals surface area contributed by atoms with Crippen LogP contribution in [0.4, 0.5) is 20.3 Å². The lowest BCUT2D eigenvalue weighted by molar-refractivity contribution is -0.883. The number of carbonyl (C=O) groups is 2. The van der Waals surface area contributed by atoms with Crippen molar-refractivity contribution in [3.63, 3.8) is 0 Å². The van der Waals surface area contributed by atoms with Gasteiger partial charge >= 0.3 is 5.97 Å². The molecule has 11 nitrogen and oxygen atoms in total. The number of amides is 1. The number of esters is 1. The lowest BCUT2D eigenvalue weighted by atomic mass is 10.0. The summed E-state index contributed by atoms with van der Waals surface area (Å²) in [6.45, 7) is 3.93. The molecule has 0 saturated carbocycles. The van der Waals surface area contributed by atoms with E-state index in [1.54, 1.807) is 22.7 Å². The van der Waals surface area contributed by atoms with E-state index >= 15 is 0 Å². The van der Waals surface area contributed by atoms with Crippen molar-refractivity contribution in [2.45, 2.75) is 13.3 Å². The predicted octanol–water partition coefficient (Wildman–Crippen LogP) is 3.98. The molecule has 0 radical (unpaired) electrons. The quantitative estimate of drug-likeness (QED) is 0.125. The summed E-state index contributed by atoms with van der Waals surface area (Å²) in [4.78, 5) is 33.2. The molecule has 2 aromatic carbocycles. The first-order valence-electron chi connectivity index (χ1n) is 14.1. The second-order valence-electron chi connectivity index (χ2n) is 10.7. The van der Waals surface area contributed by atoms with Gasteiger partial charge in [0.2, 0.25) is 5.82 Å². The molecule has 2 heterocycles. The van der Waals surface area contributed by atoms with Crippen molar-refractivity contribution < 1.29 is 37.1 Å². The number of fused-ring (bicyclic) bond motifs is 1. The van der Waals surface area contributed by atoms with Crippen molar-refractivity contribution in [3.8, 4) is 17.0 Å². The van der Waals surface area contributed by atoms with Gasteiger partial charge in [-0.15, -0.1) is 0 Å². The Labute approximate surface area is 254 Å². The van der Waals surface area contributed by atoms with E-state index in [0.717, 1.165) is 5.56 Å². The monoisotopic (exact) mass is 611 g/mol. The lowest BCUT2D eigenvalue weighted by Gasteiger charge is -2.28. The Morgan fingerprint density at radius 2 is 1.84 bits per heavy atom. The van der Waals surface area contributed by atoms with Crippen LogP contribution in [0.25, 0.3) is 16.9 Å². The van der Waals surface area contributed by atoms with Crippen LogP contribution >= 0.6 is 0 Å². The molecular weight excluding hydrogens is 574 g/mol. The fourth-order valence-electron chi connectivity index (χ4n) is 4.65. The number of carbonyl (C=O) groups excluding carboxylic acids is 2. The number of ether oxygens (including phenoxy) is 3. The molecule has 44 heavy (non-hydrogen) atoms.